The molecular formula is C16H21NO3. The summed E-state index contributed by atoms with van der Waals surface area (Å²) in [7, 11) is 0. The molecule has 0 saturated carbocycles. The molecule has 1 aliphatic carbocycles. The number of amides is 1. The van der Waals surface area contributed by atoms with Crippen LogP contribution in [0.5, 0.6) is 0 Å². The number of hydrogen-bond acceptors (Lipinski definition) is 2. The van der Waals surface area contributed by atoms with Gasteiger partial charge in [-0.15, -0.1) is 0 Å². The van der Waals surface area contributed by atoms with E-state index in [1.165, 1.54) is 11.1 Å². The van der Waals surface area contributed by atoms with Crippen LogP contribution in [0, 0.1) is 5.92 Å². The van der Waals surface area contributed by atoms with Crippen LogP contribution in [0.2, 0.25) is 0 Å². The highest BCUT2D eigenvalue weighted by Crippen LogP contribution is 2.21. The lowest BCUT2D eigenvalue weighted by Gasteiger charge is -2.25. The second-order valence-electron chi connectivity index (χ2n) is 5.68. The minimum Gasteiger partial charge on any atom is -0.481 e. The number of rotatable bonds is 5. The van der Waals surface area contributed by atoms with Gasteiger partial charge in [-0.1, -0.05) is 31.2 Å². The molecule has 2 unspecified atom stereocenters. The zero-order valence-corrected chi connectivity index (χ0v) is 11.8. The SMILES string of the molecule is CC(CC(=O)O)CC(=O)NC1CCc2ccccc2C1. The quantitative estimate of drug-likeness (QED) is 0.865. The van der Waals surface area contributed by atoms with E-state index in [2.05, 4.69) is 17.4 Å². The predicted octanol–water partition coefficient (Wildman–Crippen LogP) is 2.16. The van der Waals surface area contributed by atoms with Gasteiger partial charge in [0, 0.05) is 18.9 Å². The number of carbonyl (C=O) groups is 2. The van der Waals surface area contributed by atoms with Gasteiger partial charge in [-0.05, 0) is 36.3 Å². The van der Waals surface area contributed by atoms with Crippen LogP contribution >= 0.6 is 0 Å². The van der Waals surface area contributed by atoms with Gasteiger partial charge in [0.25, 0.3) is 0 Å². The van der Waals surface area contributed by atoms with Crippen molar-refractivity contribution in [3.8, 4) is 0 Å². The third kappa shape index (κ3) is 4.08. The molecule has 0 bridgehead atoms. The summed E-state index contributed by atoms with van der Waals surface area (Å²) in [5.41, 5.74) is 2.68. The minimum absolute atomic E-state index is 0.0388. The van der Waals surface area contributed by atoms with Crippen molar-refractivity contribution in [2.75, 3.05) is 0 Å². The van der Waals surface area contributed by atoms with Crippen molar-refractivity contribution in [1.29, 1.82) is 0 Å². The van der Waals surface area contributed by atoms with Crippen molar-refractivity contribution < 1.29 is 14.7 Å². The maximum Gasteiger partial charge on any atom is 0.303 e. The number of aliphatic carboxylic acids is 1. The Hall–Kier alpha value is -1.84. The molecule has 0 fully saturated rings. The summed E-state index contributed by atoms with van der Waals surface area (Å²) in [4.78, 5) is 22.5. The number of aryl methyl sites for hydroxylation is 1. The molecule has 1 amide bonds. The Morgan fingerprint density at radius 2 is 2.00 bits per heavy atom. The molecule has 0 aromatic heterocycles. The van der Waals surface area contributed by atoms with Crippen LogP contribution in [0.15, 0.2) is 24.3 Å². The fourth-order valence-electron chi connectivity index (χ4n) is 2.79. The maximum absolute atomic E-state index is 11.9. The van der Waals surface area contributed by atoms with Gasteiger partial charge in [-0.3, -0.25) is 9.59 Å². The van der Waals surface area contributed by atoms with Crippen LogP contribution in [0.25, 0.3) is 0 Å². The predicted molar refractivity (Wildman–Crippen MR) is 76.4 cm³/mol. The monoisotopic (exact) mass is 275 g/mol. The van der Waals surface area contributed by atoms with Gasteiger partial charge >= 0.3 is 5.97 Å². The average Bonchev–Trinajstić information content (AvgIpc) is 2.37. The van der Waals surface area contributed by atoms with E-state index in [1.54, 1.807) is 6.92 Å². The lowest BCUT2D eigenvalue weighted by Crippen LogP contribution is -2.39. The molecule has 2 rings (SSSR count). The molecule has 0 spiro atoms. The minimum atomic E-state index is -0.850. The summed E-state index contributed by atoms with van der Waals surface area (Å²) in [6.07, 6.45) is 3.14. The van der Waals surface area contributed by atoms with Crippen molar-refractivity contribution in [3.05, 3.63) is 35.4 Å². The fourth-order valence-corrected chi connectivity index (χ4v) is 2.79. The third-order valence-corrected chi connectivity index (χ3v) is 3.77. The summed E-state index contributed by atoms with van der Waals surface area (Å²) in [6.45, 7) is 1.80. The van der Waals surface area contributed by atoms with E-state index in [0.29, 0.717) is 0 Å². The van der Waals surface area contributed by atoms with Crippen molar-refractivity contribution in [3.63, 3.8) is 0 Å². The molecule has 0 aliphatic heterocycles. The Kier molecular flexibility index (Phi) is 4.77. The van der Waals surface area contributed by atoms with Gasteiger partial charge < -0.3 is 10.4 Å². The molecule has 0 saturated heterocycles. The number of carboxylic acids is 1. The number of benzene rings is 1. The Labute approximate surface area is 119 Å². The highest BCUT2D eigenvalue weighted by Gasteiger charge is 2.21. The molecule has 108 valence electrons. The van der Waals surface area contributed by atoms with E-state index >= 15 is 0 Å². The summed E-state index contributed by atoms with van der Waals surface area (Å²) in [5, 5.41) is 11.7. The molecule has 0 heterocycles. The maximum atomic E-state index is 11.9. The van der Waals surface area contributed by atoms with Crippen LogP contribution in [0.3, 0.4) is 0 Å². The Balaban J connectivity index is 1.83. The highest BCUT2D eigenvalue weighted by molar-refractivity contribution is 5.77. The molecule has 4 heteroatoms. The number of carbonyl (C=O) groups excluding carboxylic acids is 1. The van der Waals surface area contributed by atoms with Gasteiger partial charge in [-0.25, -0.2) is 0 Å². The smallest absolute Gasteiger partial charge is 0.303 e. The number of nitrogens with one attached hydrogen (secondary N) is 1. The summed E-state index contributed by atoms with van der Waals surface area (Å²) < 4.78 is 0. The van der Waals surface area contributed by atoms with Crippen molar-refractivity contribution in [1.82, 2.24) is 5.32 Å². The molecule has 2 N–H and O–H groups in total. The number of carboxylic acid groups (broad SMARTS) is 1. The highest BCUT2D eigenvalue weighted by atomic mass is 16.4. The van der Waals surface area contributed by atoms with Gasteiger partial charge in [0.1, 0.15) is 0 Å². The van der Waals surface area contributed by atoms with Crippen LogP contribution in [-0.2, 0) is 22.4 Å². The van der Waals surface area contributed by atoms with Gasteiger partial charge in [-0.2, -0.15) is 0 Å². The Bertz CT molecular complexity index is 498. The Morgan fingerprint density at radius 3 is 2.70 bits per heavy atom. The molecule has 1 aromatic carbocycles. The summed E-state index contributed by atoms with van der Waals surface area (Å²) >= 11 is 0. The largest absolute Gasteiger partial charge is 0.481 e. The van der Waals surface area contributed by atoms with E-state index in [4.69, 9.17) is 5.11 Å². The molecule has 2 atom stereocenters. The van der Waals surface area contributed by atoms with Crippen molar-refractivity contribution >= 4 is 11.9 Å². The molecule has 0 radical (unpaired) electrons. The number of fused-ring (bicyclic) bond motifs is 1. The van der Waals surface area contributed by atoms with Crippen molar-refractivity contribution in [2.24, 2.45) is 5.92 Å². The zero-order valence-electron chi connectivity index (χ0n) is 11.8. The van der Waals surface area contributed by atoms with Crippen LogP contribution in [0.4, 0.5) is 0 Å². The first-order valence-electron chi connectivity index (χ1n) is 7.12. The number of hydrogen-bond donors (Lipinski definition) is 2. The lowest BCUT2D eigenvalue weighted by molar-refractivity contribution is -0.138. The standard InChI is InChI=1S/C16H21NO3/c1-11(9-16(19)20)8-15(18)17-14-7-6-12-4-2-3-5-13(12)10-14/h2-5,11,14H,6-10H2,1H3,(H,17,18)(H,19,20). The summed E-state index contributed by atoms with van der Waals surface area (Å²) in [6, 6.07) is 8.50. The topological polar surface area (TPSA) is 66.4 Å². The Morgan fingerprint density at radius 1 is 1.30 bits per heavy atom. The van der Waals surface area contributed by atoms with E-state index in [0.717, 1.165) is 19.3 Å². The summed E-state index contributed by atoms with van der Waals surface area (Å²) in [5.74, 6) is -1.01. The molecule has 4 nitrogen and oxygen atoms in total. The lowest BCUT2D eigenvalue weighted by atomic mass is 9.88. The van der Waals surface area contributed by atoms with Crippen LogP contribution in [0.1, 0.15) is 37.3 Å². The van der Waals surface area contributed by atoms with E-state index in [9.17, 15) is 9.59 Å². The molecule has 1 aliphatic rings. The van der Waals surface area contributed by atoms with Gasteiger partial charge in [0.2, 0.25) is 5.91 Å². The first-order chi connectivity index (χ1) is 9.54. The first kappa shape index (κ1) is 14.6. The second kappa shape index (κ2) is 6.55. The molecule has 1 aromatic rings. The van der Waals surface area contributed by atoms with Crippen LogP contribution in [-0.4, -0.2) is 23.0 Å². The average molecular weight is 275 g/mol. The van der Waals surface area contributed by atoms with Crippen LogP contribution < -0.4 is 5.32 Å². The third-order valence-electron chi connectivity index (χ3n) is 3.77. The fraction of sp³-hybridized carbons (Fsp3) is 0.500. The van der Waals surface area contributed by atoms with Gasteiger partial charge in [0.05, 0.1) is 0 Å². The van der Waals surface area contributed by atoms with E-state index in [-0.39, 0.29) is 30.7 Å². The zero-order chi connectivity index (χ0) is 14.5. The van der Waals surface area contributed by atoms with E-state index in [1.807, 2.05) is 12.1 Å². The van der Waals surface area contributed by atoms with Crippen molar-refractivity contribution in [2.45, 2.75) is 45.1 Å². The second-order valence-corrected chi connectivity index (χ2v) is 5.68. The molecule has 20 heavy (non-hydrogen) atoms. The van der Waals surface area contributed by atoms with E-state index < -0.39 is 5.97 Å². The first-order valence-corrected chi connectivity index (χ1v) is 7.12. The normalized spacial score (nSPS) is 18.9. The molecular weight excluding hydrogens is 254 g/mol. The van der Waals surface area contributed by atoms with Gasteiger partial charge in [0.15, 0.2) is 0 Å².